The number of urea groups is 1. The van der Waals surface area contributed by atoms with E-state index in [2.05, 4.69) is 10.6 Å². The summed E-state index contributed by atoms with van der Waals surface area (Å²) in [6.07, 6.45) is 1.83. The van der Waals surface area contributed by atoms with Gasteiger partial charge in [-0.3, -0.25) is 0 Å². The van der Waals surface area contributed by atoms with Gasteiger partial charge in [0.2, 0.25) is 0 Å². The van der Waals surface area contributed by atoms with E-state index in [0.29, 0.717) is 6.54 Å². The molecule has 2 N–H and O–H groups in total. The summed E-state index contributed by atoms with van der Waals surface area (Å²) in [6, 6.07) is 6.12. The SMILES string of the molecule is CCC(CC)NC(=O)NCc1ccc(F)cc1. The van der Waals surface area contributed by atoms with Crippen molar-refractivity contribution in [3.8, 4) is 0 Å². The molecule has 0 atom stereocenters. The second-order valence-electron chi connectivity index (χ2n) is 3.97. The maximum atomic E-state index is 12.6. The third kappa shape index (κ3) is 4.85. The van der Waals surface area contributed by atoms with E-state index >= 15 is 0 Å². The van der Waals surface area contributed by atoms with Crippen LogP contribution in [0.5, 0.6) is 0 Å². The Kier molecular flexibility index (Phi) is 5.46. The summed E-state index contributed by atoms with van der Waals surface area (Å²) in [7, 11) is 0. The van der Waals surface area contributed by atoms with E-state index in [1.54, 1.807) is 12.1 Å². The van der Waals surface area contributed by atoms with Crippen molar-refractivity contribution in [2.45, 2.75) is 39.3 Å². The van der Waals surface area contributed by atoms with Gasteiger partial charge in [0.1, 0.15) is 5.82 Å². The van der Waals surface area contributed by atoms with Crippen LogP contribution in [0.3, 0.4) is 0 Å². The van der Waals surface area contributed by atoms with Crippen molar-refractivity contribution < 1.29 is 9.18 Å². The molecule has 3 nitrogen and oxygen atoms in total. The van der Waals surface area contributed by atoms with Crippen LogP contribution in [0.15, 0.2) is 24.3 Å². The van der Waals surface area contributed by atoms with Gasteiger partial charge in [-0.2, -0.15) is 0 Å². The first-order chi connectivity index (χ1) is 8.15. The third-order valence-electron chi connectivity index (χ3n) is 2.69. The van der Waals surface area contributed by atoms with Crippen molar-refractivity contribution >= 4 is 6.03 Å². The maximum absolute atomic E-state index is 12.6. The fraction of sp³-hybridized carbons (Fsp3) is 0.462. The molecule has 0 aliphatic rings. The van der Waals surface area contributed by atoms with Crippen molar-refractivity contribution in [1.29, 1.82) is 0 Å². The van der Waals surface area contributed by atoms with E-state index in [4.69, 9.17) is 0 Å². The van der Waals surface area contributed by atoms with Gasteiger partial charge in [-0.25, -0.2) is 9.18 Å². The summed E-state index contributed by atoms with van der Waals surface area (Å²) in [5, 5.41) is 5.62. The topological polar surface area (TPSA) is 41.1 Å². The van der Waals surface area contributed by atoms with Crippen molar-refractivity contribution in [2.75, 3.05) is 0 Å². The zero-order valence-electron chi connectivity index (χ0n) is 10.3. The molecule has 0 aromatic heterocycles. The van der Waals surface area contributed by atoms with Crippen LogP contribution in [-0.4, -0.2) is 12.1 Å². The number of rotatable bonds is 5. The average molecular weight is 238 g/mol. The monoisotopic (exact) mass is 238 g/mol. The van der Waals surface area contributed by atoms with Crippen LogP contribution in [0.25, 0.3) is 0 Å². The fourth-order valence-corrected chi connectivity index (χ4v) is 1.51. The van der Waals surface area contributed by atoms with Crippen LogP contribution in [0, 0.1) is 5.82 Å². The Morgan fingerprint density at radius 1 is 1.24 bits per heavy atom. The highest BCUT2D eigenvalue weighted by molar-refractivity contribution is 5.74. The number of hydrogen-bond acceptors (Lipinski definition) is 1. The molecule has 0 aliphatic heterocycles. The molecule has 0 heterocycles. The maximum Gasteiger partial charge on any atom is 0.315 e. The summed E-state index contributed by atoms with van der Waals surface area (Å²) in [5.41, 5.74) is 0.881. The van der Waals surface area contributed by atoms with Crippen LogP contribution < -0.4 is 10.6 Å². The quantitative estimate of drug-likeness (QED) is 0.813. The van der Waals surface area contributed by atoms with Crippen LogP contribution >= 0.6 is 0 Å². The Morgan fingerprint density at radius 3 is 2.35 bits per heavy atom. The molecule has 0 spiro atoms. The zero-order chi connectivity index (χ0) is 12.7. The molecule has 0 aliphatic carbocycles. The summed E-state index contributed by atoms with van der Waals surface area (Å²) < 4.78 is 12.6. The minimum absolute atomic E-state index is 0.178. The largest absolute Gasteiger partial charge is 0.335 e. The Labute approximate surface area is 101 Å². The smallest absolute Gasteiger partial charge is 0.315 e. The molecule has 0 radical (unpaired) electrons. The van der Waals surface area contributed by atoms with Crippen LogP contribution in [0.4, 0.5) is 9.18 Å². The van der Waals surface area contributed by atoms with E-state index in [1.165, 1.54) is 12.1 Å². The van der Waals surface area contributed by atoms with Crippen LogP contribution in [0.2, 0.25) is 0 Å². The number of benzene rings is 1. The molecule has 1 aromatic rings. The van der Waals surface area contributed by atoms with Crippen LogP contribution in [-0.2, 0) is 6.54 Å². The number of halogens is 1. The Balaban J connectivity index is 2.35. The second kappa shape index (κ2) is 6.89. The van der Waals surface area contributed by atoms with E-state index in [1.807, 2.05) is 13.8 Å². The molecule has 0 saturated carbocycles. The summed E-state index contributed by atoms with van der Waals surface area (Å²) in [4.78, 5) is 11.5. The molecular weight excluding hydrogens is 219 g/mol. The number of hydrogen-bond donors (Lipinski definition) is 2. The first kappa shape index (κ1) is 13.5. The highest BCUT2D eigenvalue weighted by Gasteiger charge is 2.07. The molecule has 1 rings (SSSR count). The minimum Gasteiger partial charge on any atom is -0.335 e. The Bertz CT molecular complexity index is 347. The lowest BCUT2D eigenvalue weighted by atomic mass is 10.2. The van der Waals surface area contributed by atoms with E-state index in [0.717, 1.165) is 18.4 Å². The predicted octanol–water partition coefficient (Wildman–Crippen LogP) is 2.81. The summed E-state index contributed by atoms with van der Waals surface area (Å²) >= 11 is 0. The zero-order valence-corrected chi connectivity index (χ0v) is 10.3. The first-order valence-corrected chi connectivity index (χ1v) is 5.94. The van der Waals surface area contributed by atoms with Crippen molar-refractivity contribution in [2.24, 2.45) is 0 Å². The molecule has 94 valence electrons. The van der Waals surface area contributed by atoms with E-state index in [-0.39, 0.29) is 17.9 Å². The van der Waals surface area contributed by atoms with Crippen molar-refractivity contribution in [3.63, 3.8) is 0 Å². The van der Waals surface area contributed by atoms with Crippen molar-refractivity contribution in [3.05, 3.63) is 35.6 Å². The third-order valence-corrected chi connectivity index (χ3v) is 2.69. The standard InChI is InChI=1S/C13H19FN2O/c1-3-12(4-2)16-13(17)15-9-10-5-7-11(14)8-6-10/h5-8,12H,3-4,9H2,1-2H3,(H2,15,16,17). The van der Waals surface area contributed by atoms with Gasteiger partial charge < -0.3 is 10.6 Å². The summed E-state index contributed by atoms with van der Waals surface area (Å²) in [5.74, 6) is -0.268. The number of carbonyl (C=O) groups is 1. The Hall–Kier alpha value is -1.58. The van der Waals surface area contributed by atoms with Gasteiger partial charge in [0.05, 0.1) is 0 Å². The molecule has 0 bridgehead atoms. The minimum atomic E-state index is -0.268. The summed E-state index contributed by atoms with van der Waals surface area (Å²) in [6.45, 7) is 4.48. The second-order valence-corrected chi connectivity index (χ2v) is 3.97. The van der Waals surface area contributed by atoms with Gasteiger partial charge in [-0.05, 0) is 30.5 Å². The highest BCUT2D eigenvalue weighted by atomic mass is 19.1. The van der Waals surface area contributed by atoms with Crippen molar-refractivity contribution in [1.82, 2.24) is 10.6 Å². The molecule has 0 unspecified atom stereocenters. The van der Waals surface area contributed by atoms with E-state index < -0.39 is 0 Å². The molecular formula is C13H19FN2O. The lowest BCUT2D eigenvalue weighted by molar-refractivity contribution is 0.235. The molecule has 0 saturated heterocycles. The van der Waals surface area contributed by atoms with Crippen LogP contribution in [0.1, 0.15) is 32.3 Å². The van der Waals surface area contributed by atoms with Gasteiger partial charge in [0, 0.05) is 12.6 Å². The lowest BCUT2D eigenvalue weighted by Gasteiger charge is -2.15. The van der Waals surface area contributed by atoms with Gasteiger partial charge in [-0.15, -0.1) is 0 Å². The normalized spacial score (nSPS) is 10.4. The fourth-order valence-electron chi connectivity index (χ4n) is 1.51. The van der Waals surface area contributed by atoms with Gasteiger partial charge in [0.15, 0.2) is 0 Å². The number of carbonyl (C=O) groups excluding carboxylic acids is 1. The molecule has 2 amide bonds. The number of nitrogens with one attached hydrogen (secondary N) is 2. The molecule has 17 heavy (non-hydrogen) atoms. The van der Waals surface area contributed by atoms with Gasteiger partial charge in [-0.1, -0.05) is 26.0 Å². The van der Waals surface area contributed by atoms with Gasteiger partial charge in [0.25, 0.3) is 0 Å². The lowest BCUT2D eigenvalue weighted by Crippen LogP contribution is -2.41. The highest BCUT2D eigenvalue weighted by Crippen LogP contribution is 2.02. The molecule has 0 fully saturated rings. The molecule has 1 aromatic carbocycles. The predicted molar refractivity (Wildman–Crippen MR) is 66.1 cm³/mol. The average Bonchev–Trinajstić information content (AvgIpc) is 2.35. The molecule has 4 heteroatoms. The Morgan fingerprint density at radius 2 is 1.82 bits per heavy atom. The number of amides is 2. The van der Waals surface area contributed by atoms with E-state index in [9.17, 15) is 9.18 Å². The van der Waals surface area contributed by atoms with Gasteiger partial charge >= 0.3 is 6.03 Å². The first-order valence-electron chi connectivity index (χ1n) is 5.94.